The van der Waals surface area contributed by atoms with Crippen LogP contribution in [0.3, 0.4) is 0 Å². The molecule has 0 spiro atoms. The first-order valence-corrected chi connectivity index (χ1v) is 6.11. The SMILES string of the molecule is Cc1ccccc1Sc1c(F)cc(C=O)cc1F. The Balaban J connectivity index is 2.41. The molecule has 1 nitrogen and oxygen atoms in total. The van der Waals surface area contributed by atoms with E-state index < -0.39 is 11.6 Å². The fourth-order valence-electron chi connectivity index (χ4n) is 1.53. The van der Waals surface area contributed by atoms with Crippen molar-refractivity contribution < 1.29 is 13.6 Å². The maximum absolute atomic E-state index is 13.7. The second kappa shape index (κ2) is 5.31. The Hall–Kier alpha value is -1.68. The van der Waals surface area contributed by atoms with E-state index in [9.17, 15) is 13.6 Å². The molecule has 18 heavy (non-hydrogen) atoms. The van der Waals surface area contributed by atoms with Crippen LogP contribution in [0.15, 0.2) is 46.2 Å². The van der Waals surface area contributed by atoms with Gasteiger partial charge in [-0.15, -0.1) is 0 Å². The highest BCUT2D eigenvalue weighted by molar-refractivity contribution is 7.99. The van der Waals surface area contributed by atoms with Crippen molar-refractivity contribution in [1.82, 2.24) is 0 Å². The van der Waals surface area contributed by atoms with Gasteiger partial charge in [0.2, 0.25) is 0 Å². The lowest BCUT2D eigenvalue weighted by molar-refractivity contribution is 0.112. The van der Waals surface area contributed by atoms with E-state index in [4.69, 9.17) is 0 Å². The monoisotopic (exact) mass is 264 g/mol. The summed E-state index contributed by atoms with van der Waals surface area (Å²) in [6.07, 6.45) is 0.425. The molecule has 0 aliphatic carbocycles. The van der Waals surface area contributed by atoms with Crippen LogP contribution in [0.5, 0.6) is 0 Å². The molecule has 2 aromatic rings. The standard InChI is InChI=1S/C14H10F2OS/c1-9-4-2-3-5-13(9)18-14-11(15)6-10(8-17)7-12(14)16/h2-8H,1H3. The van der Waals surface area contributed by atoms with Gasteiger partial charge in [-0.3, -0.25) is 4.79 Å². The summed E-state index contributed by atoms with van der Waals surface area (Å²) in [6.45, 7) is 1.87. The summed E-state index contributed by atoms with van der Waals surface area (Å²) >= 11 is 1.02. The van der Waals surface area contributed by atoms with Gasteiger partial charge in [-0.2, -0.15) is 0 Å². The number of hydrogen-bond donors (Lipinski definition) is 0. The quantitative estimate of drug-likeness (QED) is 0.771. The zero-order valence-corrected chi connectivity index (χ0v) is 10.4. The summed E-state index contributed by atoms with van der Waals surface area (Å²) in [7, 11) is 0. The lowest BCUT2D eigenvalue weighted by atomic mass is 10.2. The number of benzene rings is 2. The lowest BCUT2D eigenvalue weighted by Gasteiger charge is -2.07. The highest BCUT2D eigenvalue weighted by Gasteiger charge is 2.13. The van der Waals surface area contributed by atoms with E-state index in [0.29, 0.717) is 6.29 Å². The van der Waals surface area contributed by atoms with Crippen LogP contribution in [0.4, 0.5) is 8.78 Å². The highest BCUT2D eigenvalue weighted by Crippen LogP contribution is 2.34. The first-order valence-electron chi connectivity index (χ1n) is 5.29. The molecule has 0 N–H and O–H groups in total. The summed E-state index contributed by atoms with van der Waals surface area (Å²) in [5.74, 6) is -1.43. The summed E-state index contributed by atoms with van der Waals surface area (Å²) < 4.78 is 27.4. The molecule has 0 radical (unpaired) electrons. The first-order chi connectivity index (χ1) is 8.61. The van der Waals surface area contributed by atoms with Crippen molar-refractivity contribution in [2.24, 2.45) is 0 Å². The number of hydrogen-bond acceptors (Lipinski definition) is 2. The van der Waals surface area contributed by atoms with Gasteiger partial charge < -0.3 is 0 Å². The summed E-state index contributed by atoms with van der Waals surface area (Å²) in [5, 5.41) is 0. The molecule has 0 atom stereocenters. The average Bonchev–Trinajstić information content (AvgIpc) is 2.35. The third-order valence-electron chi connectivity index (χ3n) is 2.46. The average molecular weight is 264 g/mol. The Morgan fingerprint density at radius 1 is 1.11 bits per heavy atom. The number of carbonyl (C=O) groups is 1. The van der Waals surface area contributed by atoms with Crippen LogP contribution in [0.1, 0.15) is 15.9 Å². The van der Waals surface area contributed by atoms with E-state index in [-0.39, 0.29) is 10.5 Å². The third kappa shape index (κ3) is 2.59. The van der Waals surface area contributed by atoms with Gasteiger partial charge >= 0.3 is 0 Å². The van der Waals surface area contributed by atoms with Crippen LogP contribution in [0.25, 0.3) is 0 Å². The molecule has 4 heteroatoms. The zero-order valence-electron chi connectivity index (χ0n) is 9.61. The number of halogens is 2. The van der Waals surface area contributed by atoms with Gasteiger partial charge in [-0.25, -0.2) is 8.78 Å². The largest absolute Gasteiger partial charge is 0.298 e. The molecule has 0 saturated carbocycles. The lowest BCUT2D eigenvalue weighted by Crippen LogP contribution is -1.92. The van der Waals surface area contributed by atoms with Gasteiger partial charge in [0.1, 0.15) is 17.9 Å². The molecular weight excluding hydrogens is 254 g/mol. The maximum Gasteiger partial charge on any atom is 0.150 e. The van der Waals surface area contributed by atoms with Crippen molar-refractivity contribution in [1.29, 1.82) is 0 Å². The molecule has 0 unspecified atom stereocenters. The molecule has 0 fully saturated rings. The molecule has 0 aliphatic heterocycles. The van der Waals surface area contributed by atoms with Crippen LogP contribution in [-0.4, -0.2) is 6.29 Å². The van der Waals surface area contributed by atoms with Gasteiger partial charge in [0.25, 0.3) is 0 Å². The molecule has 0 aromatic heterocycles. The number of rotatable bonds is 3. The predicted octanol–water partition coefficient (Wildman–Crippen LogP) is 4.24. The minimum Gasteiger partial charge on any atom is -0.298 e. The summed E-state index contributed by atoms with van der Waals surface area (Å²) in [4.78, 5) is 11.2. The van der Waals surface area contributed by atoms with Crippen molar-refractivity contribution in [3.63, 3.8) is 0 Å². The number of carbonyl (C=O) groups excluding carboxylic acids is 1. The Kier molecular flexibility index (Phi) is 3.77. The van der Waals surface area contributed by atoms with E-state index in [1.165, 1.54) is 0 Å². The molecule has 0 saturated heterocycles. The minimum absolute atomic E-state index is 0.000802. The second-order valence-corrected chi connectivity index (χ2v) is 4.85. The Bertz CT molecular complexity index is 573. The van der Waals surface area contributed by atoms with Crippen LogP contribution < -0.4 is 0 Å². The molecular formula is C14H10F2OS. The van der Waals surface area contributed by atoms with Gasteiger partial charge in [0.05, 0.1) is 4.90 Å². The number of aryl methyl sites for hydroxylation is 1. The van der Waals surface area contributed by atoms with Crippen molar-refractivity contribution in [2.75, 3.05) is 0 Å². The van der Waals surface area contributed by atoms with E-state index in [1.807, 2.05) is 25.1 Å². The van der Waals surface area contributed by atoms with Gasteiger partial charge in [0, 0.05) is 10.5 Å². The van der Waals surface area contributed by atoms with Gasteiger partial charge in [0.15, 0.2) is 0 Å². The van der Waals surface area contributed by atoms with E-state index in [0.717, 1.165) is 34.4 Å². The van der Waals surface area contributed by atoms with Gasteiger partial charge in [-0.1, -0.05) is 30.0 Å². The Labute approximate surface area is 108 Å². The minimum atomic E-state index is -0.717. The maximum atomic E-state index is 13.7. The third-order valence-corrected chi connectivity index (χ3v) is 3.73. The molecule has 2 aromatic carbocycles. The predicted molar refractivity (Wildman–Crippen MR) is 67.0 cm³/mol. The Morgan fingerprint density at radius 2 is 1.72 bits per heavy atom. The Morgan fingerprint density at radius 3 is 2.28 bits per heavy atom. The van der Waals surface area contributed by atoms with E-state index >= 15 is 0 Å². The summed E-state index contributed by atoms with van der Waals surface area (Å²) in [6, 6.07) is 9.42. The fraction of sp³-hybridized carbons (Fsp3) is 0.0714. The normalized spacial score (nSPS) is 10.4. The molecule has 0 aliphatic rings. The second-order valence-electron chi connectivity index (χ2n) is 3.80. The first kappa shape index (κ1) is 12.8. The zero-order chi connectivity index (χ0) is 13.1. The topological polar surface area (TPSA) is 17.1 Å². The molecule has 0 amide bonds. The van der Waals surface area contributed by atoms with Crippen LogP contribution >= 0.6 is 11.8 Å². The molecule has 2 rings (SSSR count). The number of aldehydes is 1. The van der Waals surface area contributed by atoms with Crippen molar-refractivity contribution in [2.45, 2.75) is 16.7 Å². The van der Waals surface area contributed by atoms with Crippen LogP contribution in [0.2, 0.25) is 0 Å². The van der Waals surface area contributed by atoms with Crippen molar-refractivity contribution in [3.05, 3.63) is 59.2 Å². The van der Waals surface area contributed by atoms with Crippen molar-refractivity contribution >= 4 is 18.0 Å². The fourth-order valence-corrected chi connectivity index (χ4v) is 2.43. The van der Waals surface area contributed by atoms with Crippen LogP contribution in [0, 0.1) is 18.6 Å². The van der Waals surface area contributed by atoms with Crippen molar-refractivity contribution in [3.8, 4) is 0 Å². The van der Waals surface area contributed by atoms with E-state index in [1.54, 1.807) is 6.07 Å². The van der Waals surface area contributed by atoms with E-state index in [2.05, 4.69) is 0 Å². The molecule has 0 heterocycles. The smallest absolute Gasteiger partial charge is 0.150 e. The molecule has 92 valence electrons. The molecule has 0 bridgehead atoms. The van der Waals surface area contributed by atoms with Gasteiger partial charge in [-0.05, 0) is 30.7 Å². The summed E-state index contributed by atoms with van der Waals surface area (Å²) in [5.41, 5.74) is 0.944. The highest BCUT2D eigenvalue weighted by atomic mass is 32.2. The van der Waals surface area contributed by atoms with Crippen LogP contribution in [-0.2, 0) is 0 Å².